The van der Waals surface area contributed by atoms with E-state index in [0.717, 1.165) is 28.8 Å². The second-order valence-corrected chi connectivity index (χ2v) is 11.4. The van der Waals surface area contributed by atoms with Crippen LogP contribution in [-0.4, -0.2) is 37.0 Å². The zero-order chi connectivity index (χ0) is 28.3. The number of aliphatic imine (C=N–C) groups is 1. The van der Waals surface area contributed by atoms with Gasteiger partial charge in [-0.3, -0.25) is 4.99 Å². The van der Waals surface area contributed by atoms with E-state index in [1.807, 2.05) is 85.8 Å². The number of esters is 1. The number of ether oxygens (including phenoxy) is 2. The number of benzene rings is 3. The number of hydrogen-bond acceptors (Lipinski definition) is 4. The van der Waals surface area contributed by atoms with Gasteiger partial charge < -0.3 is 9.47 Å². The van der Waals surface area contributed by atoms with Crippen molar-refractivity contribution in [3.63, 3.8) is 0 Å². The molecule has 5 atom stereocenters. The lowest BCUT2D eigenvalue weighted by Crippen LogP contribution is -2.35. The van der Waals surface area contributed by atoms with Gasteiger partial charge in [-0.05, 0) is 49.5 Å². The van der Waals surface area contributed by atoms with Crippen molar-refractivity contribution in [3.8, 4) is 0 Å². The van der Waals surface area contributed by atoms with Crippen LogP contribution >= 0.6 is 0 Å². The summed E-state index contributed by atoms with van der Waals surface area (Å²) >= 11 is 0. The zero-order valence-electron chi connectivity index (χ0n) is 24.5. The molecule has 3 aromatic carbocycles. The van der Waals surface area contributed by atoms with Crippen LogP contribution in [-0.2, 0) is 14.3 Å². The molecular weight excluding hydrogens is 494 g/mol. The van der Waals surface area contributed by atoms with Crippen LogP contribution < -0.4 is 0 Å². The van der Waals surface area contributed by atoms with E-state index >= 15 is 0 Å². The Balaban J connectivity index is 1.69. The monoisotopic (exact) mass is 539 g/mol. The normalized spacial score (nSPS) is 20.5. The predicted molar refractivity (Wildman–Crippen MR) is 164 cm³/mol. The van der Waals surface area contributed by atoms with Crippen LogP contribution in [0, 0.1) is 17.8 Å². The van der Waals surface area contributed by atoms with Crippen LogP contribution in [0.1, 0.15) is 76.0 Å². The summed E-state index contributed by atoms with van der Waals surface area (Å²) in [6, 6.07) is 29.8. The Labute approximate surface area is 240 Å². The molecule has 4 nitrogen and oxygen atoms in total. The van der Waals surface area contributed by atoms with Gasteiger partial charge in [-0.25, -0.2) is 4.79 Å². The average molecular weight is 540 g/mol. The molecule has 212 valence electrons. The maximum atomic E-state index is 13.6. The molecule has 1 aliphatic carbocycles. The maximum Gasteiger partial charge on any atom is 0.331 e. The highest BCUT2D eigenvalue weighted by Crippen LogP contribution is 2.36. The van der Waals surface area contributed by atoms with Gasteiger partial charge in [0.15, 0.2) is 6.04 Å². The number of carbonyl (C=O) groups is 1. The molecule has 0 amide bonds. The predicted octanol–water partition coefficient (Wildman–Crippen LogP) is 8.11. The summed E-state index contributed by atoms with van der Waals surface area (Å²) in [5.41, 5.74) is 3.82. The van der Waals surface area contributed by atoms with E-state index < -0.39 is 6.04 Å². The molecule has 0 N–H and O–H groups in total. The summed E-state index contributed by atoms with van der Waals surface area (Å²) in [6.45, 7) is 9.70. The van der Waals surface area contributed by atoms with Crippen LogP contribution in [0.2, 0.25) is 0 Å². The van der Waals surface area contributed by atoms with Crippen molar-refractivity contribution in [2.24, 2.45) is 22.7 Å². The highest BCUT2D eigenvalue weighted by Gasteiger charge is 2.34. The topological polar surface area (TPSA) is 47.9 Å². The van der Waals surface area contributed by atoms with Crippen LogP contribution in [0.3, 0.4) is 0 Å². The molecule has 0 spiro atoms. The molecule has 0 bridgehead atoms. The molecule has 0 unspecified atom stereocenters. The Morgan fingerprint density at radius 3 is 2.00 bits per heavy atom. The van der Waals surface area contributed by atoms with E-state index in [4.69, 9.17) is 14.5 Å². The molecule has 1 saturated carbocycles. The third-order valence-corrected chi connectivity index (χ3v) is 8.22. The molecule has 1 aliphatic rings. The van der Waals surface area contributed by atoms with Gasteiger partial charge in [-0.2, -0.15) is 0 Å². The lowest BCUT2D eigenvalue weighted by atomic mass is 9.75. The Bertz CT molecular complexity index is 1150. The first-order valence-corrected chi connectivity index (χ1v) is 15.0. The first kappa shape index (κ1) is 29.7. The van der Waals surface area contributed by atoms with Crippen molar-refractivity contribution in [3.05, 3.63) is 108 Å². The highest BCUT2D eigenvalue weighted by atomic mass is 16.5. The van der Waals surface area contributed by atoms with E-state index in [-0.39, 0.29) is 18.0 Å². The quantitative estimate of drug-likeness (QED) is 0.173. The van der Waals surface area contributed by atoms with Crippen LogP contribution in [0.25, 0.3) is 0 Å². The first-order chi connectivity index (χ1) is 19.5. The molecule has 0 aromatic heterocycles. The standard InChI is InChI=1S/C36H45NO3/c1-5-39-36(38)35(37-34(29-17-11-7-12-18-29)30-19-13-8-14-20-30)32(28-15-9-6-10-16-28)23-24-40-33-25-27(4)21-22-31(33)26(2)3/h6-20,26-27,31-33,35H,5,21-25H2,1-4H3/t27-,31+,32+,33-,35-/m1/s1. The fourth-order valence-electron chi connectivity index (χ4n) is 6.04. The van der Waals surface area contributed by atoms with Gasteiger partial charge in [0.25, 0.3) is 0 Å². The van der Waals surface area contributed by atoms with E-state index in [1.165, 1.54) is 12.8 Å². The third-order valence-electron chi connectivity index (χ3n) is 8.22. The minimum absolute atomic E-state index is 0.179. The SMILES string of the molecule is CCOC(=O)[C@H](N=C(c1ccccc1)c1ccccc1)[C@@H](CCO[C@@H]1C[C@H](C)CC[C@H]1C(C)C)c1ccccc1. The lowest BCUT2D eigenvalue weighted by molar-refractivity contribution is -0.145. The molecule has 0 radical (unpaired) electrons. The third kappa shape index (κ3) is 7.91. The summed E-state index contributed by atoms with van der Waals surface area (Å²) in [7, 11) is 0. The smallest absolute Gasteiger partial charge is 0.331 e. The van der Waals surface area contributed by atoms with E-state index in [1.54, 1.807) is 0 Å². The van der Waals surface area contributed by atoms with Gasteiger partial charge in [0.2, 0.25) is 0 Å². The molecule has 0 aliphatic heterocycles. The second kappa shape index (κ2) is 14.9. The molecule has 3 aromatic rings. The van der Waals surface area contributed by atoms with E-state index in [0.29, 0.717) is 37.4 Å². The van der Waals surface area contributed by atoms with Crippen LogP contribution in [0.15, 0.2) is 96.0 Å². The molecule has 40 heavy (non-hydrogen) atoms. The minimum Gasteiger partial charge on any atom is -0.464 e. The molecular formula is C36H45NO3. The van der Waals surface area contributed by atoms with Crippen molar-refractivity contribution in [2.75, 3.05) is 13.2 Å². The summed E-state index contributed by atoms with van der Waals surface area (Å²) in [4.78, 5) is 18.9. The highest BCUT2D eigenvalue weighted by molar-refractivity contribution is 6.13. The second-order valence-electron chi connectivity index (χ2n) is 11.4. The van der Waals surface area contributed by atoms with Crippen molar-refractivity contribution in [1.82, 2.24) is 0 Å². The Kier molecular flexibility index (Phi) is 11.1. The van der Waals surface area contributed by atoms with Gasteiger partial charge in [0.05, 0.1) is 18.4 Å². The fraction of sp³-hybridized carbons (Fsp3) is 0.444. The van der Waals surface area contributed by atoms with Gasteiger partial charge in [0.1, 0.15) is 0 Å². The molecule has 4 heteroatoms. The number of rotatable bonds is 12. The molecule has 0 saturated heterocycles. The molecule has 4 rings (SSSR count). The lowest BCUT2D eigenvalue weighted by Gasteiger charge is -2.37. The van der Waals surface area contributed by atoms with Gasteiger partial charge in [-0.1, -0.05) is 118 Å². The maximum absolute atomic E-state index is 13.6. The number of carbonyl (C=O) groups excluding carboxylic acids is 1. The zero-order valence-corrected chi connectivity index (χ0v) is 24.5. The first-order valence-electron chi connectivity index (χ1n) is 15.0. The summed E-state index contributed by atoms with van der Waals surface area (Å²) < 4.78 is 12.3. The van der Waals surface area contributed by atoms with E-state index in [2.05, 4.69) is 32.9 Å². The van der Waals surface area contributed by atoms with Gasteiger partial charge in [-0.15, -0.1) is 0 Å². The van der Waals surface area contributed by atoms with Gasteiger partial charge in [0, 0.05) is 23.7 Å². The van der Waals surface area contributed by atoms with Crippen molar-refractivity contribution in [2.45, 2.75) is 71.4 Å². The minimum atomic E-state index is -0.701. The summed E-state index contributed by atoms with van der Waals surface area (Å²) in [6.07, 6.45) is 4.54. The van der Waals surface area contributed by atoms with Crippen LogP contribution in [0.4, 0.5) is 0 Å². The molecule has 1 fully saturated rings. The van der Waals surface area contributed by atoms with Crippen LogP contribution in [0.5, 0.6) is 0 Å². The average Bonchev–Trinajstić information content (AvgIpc) is 2.98. The van der Waals surface area contributed by atoms with Crippen molar-refractivity contribution in [1.29, 1.82) is 0 Å². The van der Waals surface area contributed by atoms with Crippen molar-refractivity contribution >= 4 is 11.7 Å². The fourth-order valence-corrected chi connectivity index (χ4v) is 6.04. The number of hydrogen-bond donors (Lipinski definition) is 0. The van der Waals surface area contributed by atoms with Gasteiger partial charge >= 0.3 is 5.97 Å². The summed E-state index contributed by atoms with van der Waals surface area (Å²) in [5.74, 6) is 1.38. The Morgan fingerprint density at radius 1 is 0.875 bits per heavy atom. The number of nitrogens with zero attached hydrogens (tertiary/aromatic N) is 1. The Hall–Kier alpha value is -3.24. The van der Waals surface area contributed by atoms with Crippen molar-refractivity contribution < 1.29 is 14.3 Å². The molecule has 0 heterocycles. The summed E-state index contributed by atoms with van der Waals surface area (Å²) in [5, 5.41) is 0. The Morgan fingerprint density at radius 2 is 1.45 bits per heavy atom. The largest absolute Gasteiger partial charge is 0.464 e. The van der Waals surface area contributed by atoms with E-state index in [9.17, 15) is 4.79 Å².